The fraction of sp³-hybridized carbons (Fsp3) is 0.667. The van der Waals surface area contributed by atoms with E-state index in [1.54, 1.807) is 0 Å². The van der Waals surface area contributed by atoms with E-state index in [4.69, 9.17) is 4.74 Å². The summed E-state index contributed by atoms with van der Waals surface area (Å²) in [7, 11) is 0. The topological polar surface area (TPSA) is 12.5 Å². The lowest BCUT2D eigenvalue weighted by Crippen LogP contribution is -2.11. The van der Waals surface area contributed by atoms with Gasteiger partial charge in [-0.25, -0.2) is 0 Å². The van der Waals surface area contributed by atoms with Crippen LogP contribution in [0.25, 0.3) is 0 Å². The summed E-state index contributed by atoms with van der Waals surface area (Å²) in [5.74, 6) is 0.649. The van der Waals surface area contributed by atoms with E-state index < -0.39 is 0 Å². The molecule has 2 rings (SSSR count). The van der Waals surface area contributed by atoms with E-state index in [1.807, 2.05) is 0 Å². The SMILES string of the molecule is CCC(CC1OC1CC)c1ccc(C(C)(C)C)cc1. The number of hydrogen-bond donors (Lipinski definition) is 0. The predicted octanol–water partition coefficient (Wildman–Crippen LogP) is 5.05. The van der Waals surface area contributed by atoms with Crippen LogP contribution in [0.15, 0.2) is 24.3 Å². The van der Waals surface area contributed by atoms with Crippen LogP contribution in [0, 0.1) is 0 Å². The van der Waals surface area contributed by atoms with Crippen molar-refractivity contribution in [2.45, 2.75) is 77.4 Å². The van der Waals surface area contributed by atoms with Crippen molar-refractivity contribution in [2.24, 2.45) is 0 Å². The average molecular weight is 260 g/mol. The van der Waals surface area contributed by atoms with Crippen LogP contribution in [0.4, 0.5) is 0 Å². The maximum atomic E-state index is 5.70. The van der Waals surface area contributed by atoms with Crippen molar-refractivity contribution in [2.75, 3.05) is 0 Å². The molecule has 1 heteroatoms. The van der Waals surface area contributed by atoms with Gasteiger partial charge in [-0.2, -0.15) is 0 Å². The fourth-order valence-electron chi connectivity index (χ4n) is 2.82. The molecular formula is C18H28O. The third kappa shape index (κ3) is 3.60. The molecule has 1 saturated heterocycles. The van der Waals surface area contributed by atoms with Crippen LogP contribution in [-0.4, -0.2) is 12.2 Å². The van der Waals surface area contributed by atoms with E-state index in [2.05, 4.69) is 58.9 Å². The summed E-state index contributed by atoms with van der Waals surface area (Å²) in [5.41, 5.74) is 3.13. The van der Waals surface area contributed by atoms with Crippen molar-refractivity contribution in [1.29, 1.82) is 0 Å². The summed E-state index contributed by atoms with van der Waals surface area (Å²) in [6, 6.07) is 9.22. The zero-order valence-corrected chi connectivity index (χ0v) is 13.1. The first kappa shape index (κ1) is 14.6. The zero-order valence-electron chi connectivity index (χ0n) is 13.1. The first-order valence-electron chi connectivity index (χ1n) is 7.71. The van der Waals surface area contributed by atoms with Gasteiger partial charge in [0.2, 0.25) is 0 Å². The quantitative estimate of drug-likeness (QED) is 0.675. The molecule has 106 valence electrons. The van der Waals surface area contributed by atoms with Crippen molar-refractivity contribution < 1.29 is 4.74 Å². The average Bonchev–Trinajstić information content (AvgIpc) is 3.13. The van der Waals surface area contributed by atoms with E-state index in [0.29, 0.717) is 18.1 Å². The Kier molecular flexibility index (Phi) is 4.35. The number of epoxide rings is 1. The smallest absolute Gasteiger partial charge is 0.0847 e. The van der Waals surface area contributed by atoms with Gasteiger partial charge < -0.3 is 4.74 Å². The lowest BCUT2D eigenvalue weighted by Gasteiger charge is -2.21. The molecule has 1 heterocycles. The molecule has 0 aromatic heterocycles. The third-order valence-corrected chi connectivity index (χ3v) is 4.35. The second-order valence-corrected chi connectivity index (χ2v) is 6.83. The van der Waals surface area contributed by atoms with E-state index in [9.17, 15) is 0 Å². The molecule has 0 saturated carbocycles. The molecule has 1 aliphatic heterocycles. The van der Waals surface area contributed by atoms with E-state index in [1.165, 1.54) is 24.0 Å². The fourth-order valence-corrected chi connectivity index (χ4v) is 2.82. The molecule has 1 aliphatic rings. The highest BCUT2D eigenvalue weighted by atomic mass is 16.6. The van der Waals surface area contributed by atoms with Crippen LogP contribution >= 0.6 is 0 Å². The summed E-state index contributed by atoms with van der Waals surface area (Å²) in [6.07, 6.45) is 4.58. The second kappa shape index (κ2) is 5.66. The minimum atomic E-state index is 0.243. The first-order chi connectivity index (χ1) is 8.95. The third-order valence-electron chi connectivity index (χ3n) is 4.35. The van der Waals surface area contributed by atoms with E-state index in [0.717, 1.165) is 6.42 Å². The van der Waals surface area contributed by atoms with Crippen LogP contribution < -0.4 is 0 Å². The van der Waals surface area contributed by atoms with Gasteiger partial charge in [-0.3, -0.25) is 0 Å². The molecule has 0 radical (unpaired) electrons. The van der Waals surface area contributed by atoms with Crippen LogP contribution in [0.5, 0.6) is 0 Å². The number of hydrogen-bond acceptors (Lipinski definition) is 1. The monoisotopic (exact) mass is 260 g/mol. The van der Waals surface area contributed by atoms with Crippen molar-refractivity contribution in [1.82, 2.24) is 0 Å². The molecule has 0 N–H and O–H groups in total. The van der Waals surface area contributed by atoms with Crippen LogP contribution in [0.3, 0.4) is 0 Å². The lowest BCUT2D eigenvalue weighted by atomic mass is 9.84. The van der Waals surface area contributed by atoms with Gasteiger partial charge in [-0.1, -0.05) is 58.9 Å². The number of benzene rings is 1. The highest BCUT2D eigenvalue weighted by molar-refractivity contribution is 5.29. The molecule has 3 atom stereocenters. The van der Waals surface area contributed by atoms with Crippen molar-refractivity contribution >= 4 is 0 Å². The number of rotatable bonds is 5. The summed E-state index contributed by atoms with van der Waals surface area (Å²) >= 11 is 0. The van der Waals surface area contributed by atoms with Crippen molar-refractivity contribution in [3.8, 4) is 0 Å². The Morgan fingerprint density at radius 1 is 1.05 bits per heavy atom. The van der Waals surface area contributed by atoms with Crippen LogP contribution in [-0.2, 0) is 10.2 Å². The number of ether oxygens (including phenoxy) is 1. The Morgan fingerprint density at radius 2 is 1.68 bits per heavy atom. The standard InChI is InChI=1S/C18H28O/c1-6-13(12-17-16(7-2)19-17)14-8-10-15(11-9-14)18(3,4)5/h8-11,13,16-17H,6-7,12H2,1-5H3. The van der Waals surface area contributed by atoms with Crippen molar-refractivity contribution in [3.05, 3.63) is 35.4 Å². The zero-order chi connectivity index (χ0) is 14.0. The molecule has 1 nitrogen and oxygen atoms in total. The summed E-state index contributed by atoms with van der Waals surface area (Å²) in [4.78, 5) is 0. The van der Waals surface area contributed by atoms with E-state index in [-0.39, 0.29) is 5.41 Å². The van der Waals surface area contributed by atoms with Gasteiger partial charge in [0.25, 0.3) is 0 Å². The Labute approximate surface area is 118 Å². The first-order valence-corrected chi connectivity index (χ1v) is 7.71. The molecule has 0 aliphatic carbocycles. The van der Waals surface area contributed by atoms with Gasteiger partial charge in [0, 0.05) is 0 Å². The summed E-state index contributed by atoms with van der Waals surface area (Å²) in [5, 5.41) is 0. The summed E-state index contributed by atoms with van der Waals surface area (Å²) < 4.78 is 5.70. The molecule has 3 unspecified atom stereocenters. The van der Waals surface area contributed by atoms with Crippen LogP contribution in [0.2, 0.25) is 0 Å². The largest absolute Gasteiger partial charge is 0.370 e. The van der Waals surface area contributed by atoms with Gasteiger partial charge in [0.05, 0.1) is 12.2 Å². The minimum absolute atomic E-state index is 0.243. The van der Waals surface area contributed by atoms with Gasteiger partial charge >= 0.3 is 0 Å². The summed E-state index contributed by atoms with van der Waals surface area (Å²) in [6.45, 7) is 11.3. The molecule has 1 aromatic rings. The van der Waals surface area contributed by atoms with Crippen molar-refractivity contribution in [3.63, 3.8) is 0 Å². The van der Waals surface area contributed by atoms with Gasteiger partial charge in [-0.15, -0.1) is 0 Å². The highest BCUT2D eigenvalue weighted by Crippen LogP contribution is 2.36. The Morgan fingerprint density at radius 3 is 2.11 bits per heavy atom. The molecule has 19 heavy (non-hydrogen) atoms. The lowest BCUT2D eigenvalue weighted by molar-refractivity contribution is 0.349. The Hall–Kier alpha value is -0.820. The molecule has 1 aromatic carbocycles. The molecule has 0 bridgehead atoms. The van der Waals surface area contributed by atoms with Gasteiger partial charge in [0.1, 0.15) is 0 Å². The highest BCUT2D eigenvalue weighted by Gasteiger charge is 2.38. The maximum absolute atomic E-state index is 5.70. The molecular weight excluding hydrogens is 232 g/mol. The molecule has 0 spiro atoms. The minimum Gasteiger partial charge on any atom is -0.370 e. The molecule has 0 amide bonds. The Bertz CT molecular complexity index is 399. The second-order valence-electron chi connectivity index (χ2n) is 6.83. The molecule has 1 fully saturated rings. The Balaban J connectivity index is 2.03. The maximum Gasteiger partial charge on any atom is 0.0847 e. The normalized spacial score (nSPS) is 24.3. The van der Waals surface area contributed by atoms with Gasteiger partial charge in [0.15, 0.2) is 0 Å². The van der Waals surface area contributed by atoms with Gasteiger partial charge in [-0.05, 0) is 41.7 Å². The van der Waals surface area contributed by atoms with Crippen LogP contribution in [0.1, 0.15) is 70.9 Å². The predicted molar refractivity (Wildman–Crippen MR) is 81.7 cm³/mol. The van der Waals surface area contributed by atoms with E-state index >= 15 is 0 Å².